The molecule has 0 bridgehead atoms. The summed E-state index contributed by atoms with van der Waals surface area (Å²) in [5.41, 5.74) is -0.808. The maximum Gasteiger partial charge on any atom is 0.326 e. The van der Waals surface area contributed by atoms with E-state index in [1.165, 1.54) is 12.8 Å². The van der Waals surface area contributed by atoms with E-state index >= 15 is 0 Å². The molecular formula is C10H17NO3. The lowest BCUT2D eigenvalue weighted by atomic mass is 9.93. The second-order valence-corrected chi connectivity index (χ2v) is 4.37. The van der Waals surface area contributed by atoms with E-state index in [9.17, 15) is 9.90 Å². The number of ether oxygens (including phenoxy) is 1. The number of rotatable bonds is 3. The van der Waals surface area contributed by atoms with Gasteiger partial charge in [0, 0.05) is 6.61 Å². The third kappa shape index (κ3) is 2.07. The van der Waals surface area contributed by atoms with E-state index in [1.54, 1.807) is 0 Å². The van der Waals surface area contributed by atoms with Crippen molar-refractivity contribution in [2.75, 3.05) is 19.8 Å². The van der Waals surface area contributed by atoms with Gasteiger partial charge in [0.1, 0.15) is 5.54 Å². The van der Waals surface area contributed by atoms with Gasteiger partial charge in [-0.15, -0.1) is 0 Å². The van der Waals surface area contributed by atoms with Gasteiger partial charge in [-0.1, -0.05) is 12.8 Å². The molecule has 1 saturated heterocycles. The van der Waals surface area contributed by atoms with Crippen LogP contribution in [0.5, 0.6) is 0 Å². The third-order valence-electron chi connectivity index (χ3n) is 3.02. The van der Waals surface area contributed by atoms with Crippen LogP contribution in [-0.2, 0) is 9.53 Å². The van der Waals surface area contributed by atoms with Crippen LogP contribution in [0.4, 0.5) is 0 Å². The molecule has 14 heavy (non-hydrogen) atoms. The zero-order valence-corrected chi connectivity index (χ0v) is 8.29. The summed E-state index contributed by atoms with van der Waals surface area (Å²) in [5.74, 6) is -0.161. The Morgan fingerprint density at radius 1 is 1.57 bits per heavy atom. The van der Waals surface area contributed by atoms with E-state index in [0.717, 1.165) is 19.4 Å². The van der Waals surface area contributed by atoms with Gasteiger partial charge in [-0.25, -0.2) is 0 Å². The molecule has 1 unspecified atom stereocenters. The molecule has 1 aliphatic heterocycles. The zero-order valence-electron chi connectivity index (χ0n) is 8.29. The van der Waals surface area contributed by atoms with Crippen LogP contribution in [0.15, 0.2) is 0 Å². The van der Waals surface area contributed by atoms with E-state index in [0.29, 0.717) is 19.1 Å². The number of carboxylic acids is 1. The molecule has 4 nitrogen and oxygen atoms in total. The Hall–Kier alpha value is -0.610. The normalized spacial score (nSPS) is 33.7. The summed E-state index contributed by atoms with van der Waals surface area (Å²) in [7, 11) is 0. The fraction of sp³-hybridized carbons (Fsp3) is 0.900. The lowest BCUT2D eigenvalue weighted by molar-refractivity contribution is -0.147. The molecule has 0 aromatic carbocycles. The smallest absolute Gasteiger partial charge is 0.326 e. The molecule has 0 aromatic rings. The van der Waals surface area contributed by atoms with Crippen molar-refractivity contribution in [3.63, 3.8) is 0 Å². The molecule has 0 radical (unpaired) electrons. The van der Waals surface area contributed by atoms with Crippen molar-refractivity contribution in [1.29, 1.82) is 0 Å². The average Bonchev–Trinajstić information content (AvgIpc) is 2.93. The van der Waals surface area contributed by atoms with Crippen LogP contribution >= 0.6 is 0 Å². The van der Waals surface area contributed by atoms with Gasteiger partial charge in [0.05, 0.1) is 6.61 Å². The largest absolute Gasteiger partial charge is 0.480 e. The molecule has 1 atom stereocenters. The molecule has 80 valence electrons. The summed E-state index contributed by atoms with van der Waals surface area (Å²) in [6.07, 6.45) is 3.98. The Balaban J connectivity index is 2.04. The molecule has 0 amide bonds. The second kappa shape index (κ2) is 3.87. The fourth-order valence-corrected chi connectivity index (χ4v) is 1.97. The Bertz CT molecular complexity index is 217. The number of hydrogen-bond acceptors (Lipinski definition) is 3. The minimum Gasteiger partial charge on any atom is -0.480 e. The van der Waals surface area contributed by atoms with Gasteiger partial charge in [-0.2, -0.15) is 0 Å². The molecule has 2 N–H and O–H groups in total. The standard InChI is InChI=1S/C10H17NO3/c12-9(13)10(6-8-2-3-8)7-14-5-1-4-11-10/h8,11H,1-7H2,(H,12,13). The summed E-state index contributed by atoms with van der Waals surface area (Å²) in [5, 5.41) is 12.4. The Morgan fingerprint density at radius 3 is 3.00 bits per heavy atom. The molecule has 1 saturated carbocycles. The van der Waals surface area contributed by atoms with Gasteiger partial charge in [-0.05, 0) is 25.3 Å². The monoisotopic (exact) mass is 199 g/mol. The third-order valence-corrected chi connectivity index (χ3v) is 3.02. The first kappa shape index (κ1) is 9.93. The number of aliphatic carboxylic acids is 1. The van der Waals surface area contributed by atoms with Crippen molar-refractivity contribution in [2.45, 2.75) is 31.2 Å². The molecule has 4 heteroatoms. The van der Waals surface area contributed by atoms with Gasteiger partial charge >= 0.3 is 5.97 Å². The van der Waals surface area contributed by atoms with Crippen LogP contribution in [0.1, 0.15) is 25.7 Å². The first-order valence-electron chi connectivity index (χ1n) is 5.29. The van der Waals surface area contributed by atoms with Gasteiger partial charge < -0.3 is 9.84 Å². The van der Waals surface area contributed by atoms with Gasteiger partial charge in [0.2, 0.25) is 0 Å². The Labute approximate surface area is 83.6 Å². The van der Waals surface area contributed by atoms with Crippen molar-refractivity contribution >= 4 is 5.97 Å². The predicted molar refractivity (Wildman–Crippen MR) is 51.1 cm³/mol. The fourth-order valence-electron chi connectivity index (χ4n) is 1.97. The van der Waals surface area contributed by atoms with Crippen molar-refractivity contribution in [2.24, 2.45) is 5.92 Å². The number of carboxylic acid groups (broad SMARTS) is 1. The predicted octanol–water partition coefficient (Wildman–Crippen LogP) is 0.620. The highest BCUT2D eigenvalue weighted by Gasteiger charge is 2.43. The lowest BCUT2D eigenvalue weighted by Crippen LogP contribution is -2.55. The van der Waals surface area contributed by atoms with Crippen LogP contribution in [0.2, 0.25) is 0 Å². The molecule has 0 spiro atoms. The molecule has 2 rings (SSSR count). The first-order chi connectivity index (χ1) is 6.73. The van der Waals surface area contributed by atoms with Crippen molar-refractivity contribution < 1.29 is 14.6 Å². The van der Waals surface area contributed by atoms with Crippen LogP contribution in [0.25, 0.3) is 0 Å². The number of carbonyl (C=O) groups is 1. The van der Waals surface area contributed by atoms with Gasteiger partial charge in [0.25, 0.3) is 0 Å². The minimum absolute atomic E-state index is 0.318. The van der Waals surface area contributed by atoms with Crippen LogP contribution in [-0.4, -0.2) is 36.4 Å². The van der Waals surface area contributed by atoms with Crippen LogP contribution in [0.3, 0.4) is 0 Å². The molecule has 0 aromatic heterocycles. The van der Waals surface area contributed by atoms with E-state index in [1.807, 2.05) is 0 Å². The van der Waals surface area contributed by atoms with E-state index in [4.69, 9.17) is 4.74 Å². The molecule has 1 heterocycles. The zero-order chi connectivity index (χ0) is 10.0. The van der Waals surface area contributed by atoms with E-state index < -0.39 is 11.5 Å². The molecule has 2 aliphatic rings. The molecule has 2 fully saturated rings. The minimum atomic E-state index is -0.808. The highest BCUT2D eigenvalue weighted by Crippen LogP contribution is 2.37. The first-order valence-corrected chi connectivity index (χ1v) is 5.29. The number of hydrogen-bond donors (Lipinski definition) is 2. The van der Waals surface area contributed by atoms with Crippen LogP contribution < -0.4 is 5.32 Å². The highest BCUT2D eigenvalue weighted by atomic mass is 16.5. The summed E-state index contributed by atoms with van der Waals surface area (Å²) in [6.45, 7) is 1.74. The van der Waals surface area contributed by atoms with Gasteiger partial charge in [-0.3, -0.25) is 10.1 Å². The molecular weight excluding hydrogens is 182 g/mol. The maximum atomic E-state index is 11.2. The SMILES string of the molecule is O=C(O)C1(CC2CC2)COCCCN1. The van der Waals surface area contributed by atoms with E-state index in [-0.39, 0.29) is 0 Å². The quantitative estimate of drug-likeness (QED) is 0.699. The van der Waals surface area contributed by atoms with Crippen molar-refractivity contribution in [3.8, 4) is 0 Å². The molecule has 1 aliphatic carbocycles. The Kier molecular flexibility index (Phi) is 2.74. The topological polar surface area (TPSA) is 58.6 Å². The second-order valence-electron chi connectivity index (χ2n) is 4.37. The van der Waals surface area contributed by atoms with Gasteiger partial charge in [0.15, 0.2) is 0 Å². The lowest BCUT2D eigenvalue weighted by Gasteiger charge is -2.28. The van der Waals surface area contributed by atoms with Crippen molar-refractivity contribution in [1.82, 2.24) is 5.32 Å². The Morgan fingerprint density at radius 2 is 2.36 bits per heavy atom. The van der Waals surface area contributed by atoms with Crippen molar-refractivity contribution in [3.05, 3.63) is 0 Å². The summed E-state index contributed by atoms with van der Waals surface area (Å²) >= 11 is 0. The summed E-state index contributed by atoms with van der Waals surface area (Å²) in [6, 6.07) is 0. The average molecular weight is 199 g/mol. The highest BCUT2D eigenvalue weighted by molar-refractivity contribution is 5.79. The van der Waals surface area contributed by atoms with E-state index in [2.05, 4.69) is 5.32 Å². The summed E-state index contributed by atoms with van der Waals surface area (Å²) in [4.78, 5) is 11.2. The number of nitrogens with one attached hydrogen (secondary N) is 1. The maximum absolute atomic E-state index is 11.2. The van der Waals surface area contributed by atoms with Crippen LogP contribution in [0, 0.1) is 5.92 Å². The summed E-state index contributed by atoms with van der Waals surface area (Å²) < 4.78 is 5.36.